The van der Waals surface area contributed by atoms with Gasteiger partial charge in [-0.3, -0.25) is 0 Å². The predicted molar refractivity (Wildman–Crippen MR) is 254 cm³/mol. The topological polar surface area (TPSA) is 19.6 Å². The minimum absolute atomic E-state index is 0.00672. The standard InChI is InChI=1S/C55H53BN2O/c1-34-29-48-51-49(30-34)58(40-16-13-15-35(31-40)41-18-14-19-43-42-17-11-12-20-50(42)59-52(41)43)46-28-24-37(54(5,6)7)32-45(46)56(51)44-27-23-38(55(8,9)10)33-47(44)57(48)39-25-21-36(22-26-39)53(2,3)4/h11-33H,1-10H3. The lowest BCUT2D eigenvalue weighted by atomic mass is 9.33. The maximum absolute atomic E-state index is 6.57. The summed E-state index contributed by atoms with van der Waals surface area (Å²) in [5, 5.41) is 2.28. The van der Waals surface area contributed by atoms with Crippen molar-refractivity contribution in [2.24, 2.45) is 0 Å². The van der Waals surface area contributed by atoms with Gasteiger partial charge in [0.25, 0.3) is 6.71 Å². The molecule has 0 atom stereocenters. The number of rotatable bonds is 3. The van der Waals surface area contributed by atoms with Crippen LogP contribution < -0.4 is 26.2 Å². The van der Waals surface area contributed by atoms with E-state index in [0.717, 1.165) is 38.8 Å². The Labute approximate surface area is 350 Å². The van der Waals surface area contributed by atoms with E-state index < -0.39 is 0 Å². The molecule has 0 saturated carbocycles. The molecule has 3 heterocycles. The maximum atomic E-state index is 6.57. The second-order valence-electron chi connectivity index (χ2n) is 20.0. The predicted octanol–water partition coefficient (Wildman–Crippen LogP) is 13.5. The molecule has 0 fully saturated rings. The molecule has 59 heavy (non-hydrogen) atoms. The van der Waals surface area contributed by atoms with Gasteiger partial charge in [-0.05, 0) is 122 Å². The van der Waals surface area contributed by atoms with E-state index in [1.54, 1.807) is 0 Å². The van der Waals surface area contributed by atoms with Crippen molar-refractivity contribution in [3.05, 3.63) is 162 Å². The third-order valence-electron chi connectivity index (χ3n) is 12.8. The van der Waals surface area contributed by atoms with E-state index in [2.05, 4.69) is 212 Å². The maximum Gasteiger partial charge on any atom is 0.252 e. The fraction of sp³-hybridized carbons (Fsp3) is 0.236. The summed E-state index contributed by atoms with van der Waals surface area (Å²) in [6.45, 7) is 23.1. The van der Waals surface area contributed by atoms with Crippen molar-refractivity contribution in [2.75, 3.05) is 9.80 Å². The number of furan rings is 1. The molecule has 0 saturated heterocycles. The molecule has 292 valence electrons. The lowest BCUT2D eigenvalue weighted by Gasteiger charge is -2.45. The lowest BCUT2D eigenvalue weighted by Crippen LogP contribution is -2.61. The van der Waals surface area contributed by atoms with Crippen molar-refractivity contribution in [2.45, 2.75) is 85.5 Å². The van der Waals surface area contributed by atoms with Crippen LogP contribution in [-0.2, 0) is 16.2 Å². The van der Waals surface area contributed by atoms with Crippen molar-refractivity contribution in [1.82, 2.24) is 0 Å². The van der Waals surface area contributed by atoms with Crippen molar-refractivity contribution >= 4 is 79.2 Å². The minimum atomic E-state index is -0.0180. The van der Waals surface area contributed by atoms with Crippen molar-refractivity contribution < 1.29 is 4.42 Å². The normalized spacial score (nSPS) is 13.8. The first kappa shape index (κ1) is 37.3. The molecule has 8 aromatic rings. The van der Waals surface area contributed by atoms with Crippen LogP contribution >= 0.6 is 0 Å². The molecule has 0 aliphatic carbocycles. The van der Waals surface area contributed by atoms with E-state index in [1.165, 1.54) is 67.1 Å². The summed E-state index contributed by atoms with van der Waals surface area (Å²) < 4.78 is 6.57. The van der Waals surface area contributed by atoms with E-state index in [0.29, 0.717) is 0 Å². The summed E-state index contributed by atoms with van der Waals surface area (Å²) in [5.41, 5.74) is 20.6. The molecule has 0 unspecified atom stereocenters. The molecule has 4 heteroatoms. The lowest BCUT2D eigenvalue weighted by molar-refractivity contribution is 0.590. The molecule has 0 radical (unpaired) electrons. The first-order valence-corrected chi connectivity index (χ1v) is 21.2. The number of anilines is 6. The molecule has 3 nitrogen and oxygen atoms in total. The van der Waals surface area contributed by atoms with Gasteiger partial charge in [-0.1, -0.05) is 147 Å². The summed E-state index contributed by atoms with van der Waals surface area (Å²) in [5.74, 6) is 0. The van der Waals surface area contributed by atoms with Crippen molar-refractivity contribution in [1.29, 1.82) is 0 Å². The van der Waals surface area contributed by atoms with Gasteiger partial charge in [-0.2, -0.15) is 0 Å². The van der Waals surface area contributed by atoms with Crippen LogP contribution in [0.1, 0.15) is 84.6 Å². The molecule has 1 aromatic heterocycles. The second-order valence-corrected chi connectivity index (χ2v) is 20.0. The molecule has 2 aliphatic heterocycles. The Bertz CT molecular complexity index is 2970. The van der Waals surface area contributed by atoms with E-state index in [9.17, 15) is 0 Å². The molecule has 0 bridgehead atoms. The summed E-state index contributed by atoms with van der Waals surface area (Å²) in [7, 11) is 0. The van der Waals surface area contributed by atoms with E-state index >= 15 is 0 Å². The third-order valence-corrected chi connectivity index (χ3v) is 12.8. The smallest absolute Gasteiger partial charge is 0.252 e. The quantitative estimate of drug-likeness (QED) is 0.167. The highest BCUT2D eigenvalue weighted by Gasteiger charge is 2.44. The molecular formula is C55H53BN2O. The first-order valence-electron chi connectivity index (χ1n) is 21.2. The van der Waals surface area contributed by atoms with Crippen LogP contribution in [0.5, 0.6) is 0 Å². The largest absolute Gasteiger partial charge is 0.455 e. The highest BCUT2D eigenvalue weighted by molar-refractivity contribution is 7.00. The van der Waals surface area contributed by atoms with E-state index in [1.807, 2.05) is 6.07 Å². The Kier molecular flexibility index (Phi) is 8.22. The Morgan fingerprint density at radius 2 is 1.07 bits per heavy atom. The highest BCUT2D eigenvalue weighted by atomic mass is 16.3. The zero-order valence-electron chi connectivity index (χ0n) is 36.2. The van der Waals surface area contributed by atoms with Gasteiger partial charge in [0.1, 0.15) is 11.2 Å². The van der Waals surface area contributed by atoms with Gasteiger partial charge in [0.2, 0.25) is 0 Å². The zero-order chi connectivity index (χ0) is 41.2. The van der Waals surface area contributed by atoms with Crippen molar-refractivity contribution in [3.8, 4) is 11.1 Å². The molecule has 2 aliphatic rings. The zero-order valence-corrected chi connectivity index (χ0v) is 36.2. The average molecular weight is 769 g/mol. The molecule has 10 rings (SSSR count). The fourth-order valence-corrected chi connectivity index (χ4v) is 9.52. The van der Waals surface area contributed by atoms with Gasteiger partial charge in [0.05, 0.1) is 0 Å². The third kappa shape index (κ3) is 6.02. The molecule has 7 aromatic carbocycles. The van der Waals surface area contributed by atoms with Crippen LogP contribution in [0.25, 0.3) is 33.1 Å². The number of fused-ring (bicyclic) bond motifs is 7. The van der Waals surface area contributed by atoms with Crippen LogP contribution in [0.4, 0.5) is 34.1 Å². The van der Waals surface area contributed by atoms with Crippen LogP contribution in [-0.4, -0.2) is 6.71 Å². The van der Waals surface area contributed by atoms with Gasteiger partial charge >= 0.3 is 0 Å². The average Bonchev–Trinajstić information content (AvgIpc) is 3.58. The number of para-hydroxylation sites is 2. The van der Waals surface area contributed by atoms with Gasteiger partial charge in [-0.25, -0.2) is 0 Å². The van der Waals surface area contributed by atoms with Crippen LogP contribution in [0.15, 0.2) is 144 Å². The number of hydrogen-bond donors (Lipinski definition) is 0. The first-order chi connectivity index (χ1) is 28.1. The summed E-state index contributed by atoms with van der Waals surface area (Å²) in [6.07, 6.45) is 0. The Morgan fingerprint density at radius 1 is 0.458 bits per heavy atom. The fourth-order valence-electron chi connectivity index (χ4n) is 9.52. The van der Waals surface area contributed by atoms with Gasteiger partial charge in [-0.15, -0.1) is 0 Å². The highest BCUT2D eigenvalue weighted by Crippen LogP contribution is 2.47. The Balaban J connectivity index is 1.24. The Hall–Kier alpha value is -6.00. The van der Waals surface area contributed by atoms with Crippen LogP contribution in [0.2, 0.25) is 0 Å². The van der Waals surface area contributed by atoms with Gasteiger partial charge < -0.3 is 14.2 Å². The summed E-state index contributed by atoms with van der Waals surface area (Å²) >= 11 is 0. The van der Waals surface area contributed by atoms with Crippen LogP contribution in [0.3, 0.4) is 0 Å². The van der Waals surface area contributed by atoms with Crippen molar-refractivity contribution in [3.63, 3.8) is 0 Å². The summed E-state index contributed by atoms with van der Waals surface area (Å²) in [6, 6.07) is 52.6. The summed E-state index contributed by atoms with van der Waals surface area (Å²) in [4.78, 5) is 5.08. The number of hydrogen-bond acceptors (Lipinski definition) is 3. The molecule has 0 spiro atoms. The molecule has 0 amide bonds. The Morgan fingerprint density at radius 3 is 1.78 bits per heavy atom. The molecular weight excluding hydrogens is 715 g/mol. The number of nitrogens with zero attached hydrogens (tertiary/aromatic N) is 2. The number of aryl methyl sites for hydroxylation is 1. The van der Waals surface area contributed by atoms with E-state index in [-0.39, 0.29) is 23.0 Å². The van der Waals surface area contributed by atoms with E-state index in [4.69, 9.17) is 4.42 Å². The minimum Gasteiger partial charge on any atom is -0.455 e. The van der Waals surface area contributed by atoms with Gasteiger partial charge in [0.15, 0.2) is 0 Å². The van der Waals surface area contributed by atoms with Gasteiger partial charge in [0, 0.05) is 50.5 Å². The molecule has 0 N–H and O–H groups in total. The SMILES string of the molecule is Cc1cc2c3c(c1)N(c1ccc(C(C)(C)C)cc1)c1cc(C(C)(C)C)ccc1B3c1cc(C(C)(C)C)ccc1N2c1cccc(-c2cccc3c2oc2ccccc23)c1. The second kappa shape index (κ2) is 13.0. The monoisotopic (exact) mass is 768 g/mol. The van der Waals surface area contributed by atoms with Crippen LogP contribution in [0, 0.1) is 6.92 Å². The number of benzene rings is 7.